The van der Waals surface area contributed by atoms with Crippen LogP contribution in [0.1, 0.15) is 51.1 Å². The quantitative estimate of drug-likeness (QED) is 0.527. The summed E-state index contributed by atoms with van der Waals surface area (Å²) in [6, 6.07) is 3.30. The van der Waals surface area contributed by atoms with E-state index in [1.54, 1.807) is 44.3 Å². The molecule has 0 aromatic carbocycles. The van der Waals surface area contributed by atoms with Crippen LogP contribution in [0.3, 0.4) is 0 Å². The van der Waals surface area contributed by atoms with Gasteiger partial charge in [0, 0.05) is 34.7 Å². The fourth-order valence-electron chi connectivity index (χ4n) is 7.46. The van der Waals surface area contributed by atoms with Crippen molar-refractivity contribution in [2.24, 2.45) is 17.3 Å². The second-order valence-corrected chi connectivity index (χ2v) is 11.9. The standard InChI is InChI=1S/C29H36F3N3O3/c1-16-22(6-5-11-33-16)34-26(37)19-7-8-25-27(19,2)15-21(29(30,31)32)20-12-18-14-24(36)23(35(3)4)13-17(18)9-10-28(20,25)38/h5-7,11-12,17,23-25,36,38H,8-10,13-15H2,1-4H3,(H,34,37)/t17?,23-,24?,25?,27?,28+/m0/s1. The molecule has 3 N–H and O–H groups in total. The molecule has 4 aliphatic rings. The van der Waals surface area contributed by atoms with Crippen molar-refractivity contribution < 1.29 is 28.2 Å². The Morgan fingerprint density at radius 2 is 2.03 bits per heavy atom. The number of amides is 1. The number of carbonyl (C=O) groups excluding carboxylic acids is 1. The zero-order chi connectivity index (χ0) is 27.6. The van der Waals surface area contributed by atoms with Crippen molar-refractivity contribution in [2.45, 2.75) is 76.3 Å². The van der Waals surface area contributed by atoms with Gasteiger partial charge in [-0.1, -0.05) is 24.6 Å². The fourth-order valence-corrected chi connectivity index (χ4v) is 7.46. The molecule has 1 saturated carbocycles. The number of fused-ring (bicyclic) bond motifs is 4. The van der Waals surface area contributed by atoms with Crippen molar-refractivity contribution in [3.05, 3.63) is 58.5 Å². The Kier molecular flexibility index (Phi) is 6.64. The van der Waals surface area contributed by atoms with Crippen LogP contribution in [0.4, 0.5) is 18.9 Å². The predicted molar refractivity (Wildman–Crippen MR) is 138 cm³/mol. The molecule has 0 aliphatic heterocycles. The summed E-state index contributed by atoms with van der Waals surface area (Å²) in [4.78, 5) is 19.6. The first kappa shape index (κ1) is 27.1. The molecule has 4 unspecified atom stereocenters. The molecule has 0 saturated heterocycles. The average molecular weight is 532 g/mol. The van der Waals surface area contributed by atoms with Gasteiger partial charge in [-0.05, 0) is 83.2 Å². The summed E-state index contributed by atoms with van der Waals surface area (Å²) in [7, 11) is 3.79. The number of carbonyl (C=O) groups is 1. The third-order valence-electron chi connectivity index (χ3n) is 9.50. The number of anilines is 1. The van der Waals surface area contributed by atoms with Gasteiger partial charge in [-0.15, -0.1) is 0 Å². The topological polar surface area (TPSA) is 85.7 Å². The highest BCUT2D eigenvalue weighted by Crippen LogP contribution is 2.63. The van der Waals surface area contributed by atoms with Crippen molar-refractivity contribution in [1.82, 2.24) is 9.88 Å². The van der Waals surface area contributed by atoms with Crippen molar-refractivity contribution in [3.63, 3.8) is 0 Å². The Hall–Kier alpha value is -2.49. The summed E-state index contributed by atoms with van der Waals surface area (Å²) in [6.45, 7) is 3.43. The van der Waals surface area contributed by atoms with Gasteiger partial charge in [0.2, 0.25) is 0 Å². The van der Waals surface area contributed by atoms with Crippen LogP contribution in [0.5, 0.6) is 0 Å². The number of allylic oxidation sites excluding steroid dienone is 2. The highest BCUT2D eigenvalue weighted by molar-refractivity contribution is 6.05. The lowest BCUT2D eigenvalue weighted by Crippen LogP contribution is -2.52. The summed E-state index contributed by atoms with van der Waals surface area (Å²) in [5, 5.41) is 25.8. The largest absolute Gasteiger partial charge is 0.413 e. The minimum absolute atomic E-state index is 0.0145. The second kappa shape index (κ2) is 9.31. The molecular weight excluding hydrogens is 495 g/mol. The van der Waals surface area contributed by atoms with Gasteiger partial charge in [0.1, 0.15) is 0 Å². The molecule has 1 amide bonds. The first-order chi connectivity index (χ1) is 17.8. The van der Waals surface area contributed by atoms with Gasteiger partial charge in [0.15, 0.2) is 0 Å². The van der Waals surface area contributed by atoms with E-state index in [2.05, 4.69) is 10.3 Å². The van der Waals surface area contributed by atoms with Crippen LogP contribution >= 0.6 is 0 Å². The Morgan fingerprint density at radius 1 is 1.29 bits per heavy atom. The van der Waals surface area contributed by atoms with Crippen LogP contribution in [0.15, 0.2) is 52.8 Å². The molecule has 1 aromatic rings. The number of pyridine rings is 1. The van der Waals surface area contributed by atoms with Crippen LogP contribution in [0.25, 0.3) is 0 Å². The number of nitrogens with one attached hydrogen (secondary N) is 1. The van der Waals surface area contributed by atoms with Gasteiger partial charge < -0.3 is 20.4 Å². The van der Waals surface area contributed by atoms with E-state index < -0.39 is 40.7 Å². The number of hydrogen-bond acceptors (Lipinski definition) is 5. The zero-order valence-electron chi connectivity index (χ0n) is 22.3. The minimum atomic E-state index is -4.67. The van der Waals surface area contributed by atoms with Crippen molar-refractivity contribution in [3.8, 4) is 0 Å². The summed E-state index contributed by atoms with van der Waals surface area (Å²) in [5.41, 5.74) is -1.59. The van der Waals surface area contributed by atoms with E-state index in [1.165, 1.54) is 0 Å². The molecule has 0 spiro atoms. The Labute approximate surface area is 221 Å². The van der Waals surface area contributed by atoms with Crippen molar-refractivity contribution >= 4 is 11.6 Å². The maximum absolute atomic E-state index is 14.7. The molecule has 5 rings (SSSR count). The molecule has 206 valence electrons. The number of nitrogens with zero attached hydrogens (tertiary/aromatic N) is 2. The van der Waals surface area contributed by atoms with Crippen LogP contribution in [-0.4, -0.2) is 64.0 Å². The molecule has 0 bridgehead atoms. The van der Waals surface area contributed by atoms with Gasteiger partial charge in [-0.2, -0.15) is 13.2 Å². The van der Waals surface area contributed by atoms with E-state index in [0.29, 0.717) is 30.6 Å². The SMILES string of the molecule is Cc1ncccc1NC(=O)C1=CCC2C1(C)CC(C(F)(F)F)=C1C=C3CC(O)[C@@H](N(C)C)CC3CC[C@@]12O. The first-order valence-corrected chi connectivity index (χ1v) is 13.3. The van der Waals surface area contributed by atoms with Crippen LogP contribution in [0.2, 0.25) is 0 Å². The normalized spacial score (nSPS) is 35.1. The lowest BCUT2D eigenvalue weighted by molar-refractivity contribution is -0.121. The number of likely N-dealkylation sites (N-methyl/N-ethyl adjacent to an activating group) is 1. The van der Waals surface area contributed by atoms with Crippen LogP contribution < -0.4 is 5.32 Å². The maximum Gasteiger partial charge on any atom is 0.413 e. The molecule has 0 radical (unpaired) electrons. The van der Waals surface area contributed by atoms with Gasteiger partial charge in [0.25, 0.3) is 5.91 Å². The highest BCUT2D eigenvalue weighted by Gasteiger charge is 2.62. The Bertz CT molecular complexity index is 1240. The molecule has 1 heterocycles. The monoisotopic (exact) mass is 531 g/mol. The number of hydrogen-bond donors (Lipinski definition) is 3. The van der Waals surface area contributed by atoms with Crippen molar-refractivity contribution in [2.75, 3.05) is 19.4 Å². The van der Waals surface area contributed by atoms with Crippen LogP contribution in [0, 0.1) is 24.2 Å². The van der Waals surface area contributed by atoms with Crippen LogP contribution in [-0.2, 0) is 4.79 Å². The number of alkyl halides is 3. The van der Waals surface area contributed by atoms with E-state index >= 15 is 0 Å². The number of halogens is 3. The third kappa shape index (κ3) is 4.32. The number of aliphatic hydroxyl groups is 2. The summed E-state index contributed by atoms with van der Waals surface area (Å²) in [6.07, 6.45) is 1.05. The lowest BCUT2D eigenvalue weighted by Gasteiger charge is -2.50. The Balaban J connectivity index is 1.54. The smallest absolute Gasteiger partial charge is 0.391 e. The molecule has 4 aliphatic carbocycles. The number of aryl methyl sites for hydroxylation is 1. The second-order valence-electron chi connectivity index (χ2n) is 11.9. The molecule has 6 nitrogen and oxygen atoms in total. The number of aliphatic hydroxyl groups excluding tert-OH is 1. The van der Waals surface area contributed by atoms with Gasteiger partial charge >= 0.3 is 6.18 Å². The maximum atomic E-state index is 14.7. The van der Waals surface area contributed by atoms with E-state index in [1.807, 2.05) is 19.0 Å². The minimum Gasteiger partial charge on any atom is -0.391 e. The third-order valence-corrected chi connectivity index (χ3v) is 9.50. The molecule has 6 atom stereocenters. The first-order valence-electron chi connectivity index (χ1n) is 13.3. The number of rotatable bonds is 3. The van der Waals surface area contributed by atoms with Crippen molar-refractivity contribution in [1.29, 1.82) is 0 Å². The van der Waals surface area contributed by atoms with E-state index in [0.717, 1.165) is 5.57 Å². The van der Waals surface area contributed by atoms with Gasteiger partial charge in [0.05, 0.1) is 23.1 Å². The molecule has 1 fully saturated rings. The summed E-state index contributed by atoms with van der Waals surface area (Å²) in [5.74, 6) is -1.05. The predicted octanol–water partition coefficient (Wildman–Crippen LogP) is 4.70. The fraction of sp³-hybridized carbons (Fsp3) is 0.586. The van der Waals surface area contributed by atoms with E-state index in [-0.39, 0.29) is 42.4 Å². The number of aromatic nitrogens is 1. The lowest BCUT2D eigenvalue weighted by atomic mass is 9.56. The summed E-state index contributed by atoms with van der Waals surface area (Å²) < 4.78 is 44.0. The molecule has 9 heteroatoms. The van der Waals surface area contributed by atoms with Gasteiger partial charge in [-0.3, -0.25) is 9.78 Å². The average Bonchev–Trinajstić information content (AvgIpc) is 3.11. The molecular formula is C29H36F3N3O3. The molecule has 38 heavy (non-hydrogen) atoms. The summed E-state index contributed by atoms with van der Waals surface area (Å²) >= 11 is 0. The zero-order valence-corrected chi connectivity index (χ0v) is 22.3. The van der Waals surface area contributed by atoms with Gasteiger partial charge in [-0.25, -0.2) is 0 Å². The van der Waals surface area contributed by atoms with E-state index in [4.69, 9.17) is 0 Å². The molecule has 1 aromatic heterocycles. The van der Waals surface area contributed by atoms with E-state index in [9.17, 15) is 28.2 Å². The Morgan fingerprint density at radius 3 is 2.68 bits per heavy atom. The highest BCUT2D eigenvalue weighted by atomic mass is 19.4.